The van der Waals surface area contributed by atoms with Gasteiger partial charge in [0.25, 0.3) is 0 Å². The van der Waals surface area contributed by atoms with Crippen LogP contribution in [0.5, 0.6) is 11.5 Å². The van der Waals surface area contributed by atoms with E-state index in [9.17, 15) is 0 Å². The minimum atomic E-state index is 0.386. The molecule has 0 aliphatic heterocycles. The van der Waals surface area contributed by atoms with Crippen molar-refractivity contribution in [2.45, 2.75) is 51.6 Å². The van der Waals surface area contributed by atoms with E-state index in [1.54, 1.807) is 0 Å². The Bertz CT molecular complexity index is 725. The average Bonchev–Trinajstić information content (AvgIpc) is 3.21. The van der Waals surface area contributed by atoms with Crippen molar-refractivity contribution in [1.82, 2.24) is 5.32 Å². The molecular formula is C23H30N2O2S. The van der Waals surface area contributed by atoms with Gasteiger partial charge in [0, 0.05) is 12.2 Å². The van der Waals surface area contributed by atoms with Crippen LogP contribution in [0.1, 0.15) is 44.6 Å². The molecule has 2 aromatic carbocycles. The Kier molecular flexibility index (Phi) is 7.97. The van der Waals surface area contributed by atoms with E-state index < -0.39 is 0 Å². The molecule has 0 amide bonds. The van der Waals surface area contributed by atoms with Gasteiger partial charge in [-0.1, -0.05) is 12.1 Å². The lowest BCUT2D eigenvalue weighted by Crippen LogP contribution is -2.29. The highest BCUT2D eigenvalue weighted by atomic mass is 32.1. The largest absolute Gasteiger partial charge is 0.494 e. The van der Waals surface area contributed by atoms with Gasteiger partial charge >= 0.3 is 0 Å². The molecule has 0 radical (unpaired) electrons. The number of aryl methyl sites for hydroxylation is 1. The summed E-state index contributed by atoms with van der Waals surface area (Å²) in [6, 6.07) is 16.3. The van der Waals surface area contributed by atoms with Crippen molar-refractivity contribution < 1.29 is 9.47 Å². The van der Waals surface area contributed by atoms with Crippen molar-refractivity contribution in [2.75, 3.05) is 18.5 Å². The Hall–Kier alpha value is -2.27. The minimum Gasteiger partial charge on any atom is -0.494 e. The third-order valence-electron chi connectivity index (χ3n) is 4.88. The van der Waals surface area contributed by atoms with Crippen molar-refractivity contribution >= 4 is 23.0 Å². The maximum absolute atomic E-state index is 5.99. The van der Waals surface area contributed by atoms with Crippen LogP contribution in [-0.4, -0.2) is 24.4 Å². The van der Waals surface area contributed by atoms with E-state index >= 15 is 0 Å². The first-order valence-corrected chi connectivity index (χ1v) is 10.7. The number of benzene rings is 2. The van der Waals surface area contributed by atoms with Crippen molar-refractivity contribution in [2.24, 2.45) is 0 Å². The van der Waals surface area contributed by atoms with Crippen LogP contribution in [0.4, 0.5) is 5.69 Å². The molecule has 28 heavy (non-hydrogen) atoms. The molecule has 5 heteroatoms. The summed E-state index contributed by atoms with van der Waals surface area (Å²) in [5, 5.41) is 7.15. The van der Waals surface area contributed by atoms with Gasteiger partial charge < -0.3 is 20.1 Å². The first-order valence-electron chi connectivity index (χ1n) is 10.3. The van der Waals surface area contributed by atoms with Crippen LogP contribution in [0.15, 0.2) is 48.5 Å². The van der Waals surface area contributed by atoms with E-state index in [1.807, 2.05) is 43.3 Å². The summed E-state index contributed by atoms with van der Waals surface area (Å²) in [5.41, 5.74) is 2.28. The highest BCUT2D eigenvalue weighted by molar-refractivity contribution is 7.80. The molecule has 1 aliphatic rings. The van der Waals surface area contributed by atoms with Crippen molar-refractivity contribution in [3.05, 3.63) is 54.1 Å². The monoisotopic (exact) mass is 398 g/mol. The number of nitrogens with one attached hydrogen (secondary N) is 2. The van der Waals surface area contributed by atoms with Gasteiger partial charge in [0.05, 0.1) is 12.7 Å². The molecule has 2 aromatic rings. The second kappa shape index (κ2) is 10.9. The van der Waals surface area contributed by atoms with E-state index in [-0.39, 0.29) is 0 Å². The predicted octanol–water partition coefficient (Wildman–Crippen LogP) is 5.33. The van der Waals surface area contributed by atoms with E-state index in [4.69, 9.17) is 21.7 Å². The predicted molar refractivity (Wildman–Crippen MR) is 119 cm³/mol. The van der Waals surface area contributed by atoms with Crippen LogP contribution in [0.25, 0.3) is 0 Å². The average molecular weight is 399 g/mol. The lowest BCUT2D eigenvalue weighted by molar-refractivity contribution is 0.210. The fraction of sp³-hybridized carbons (Fsp3) is 0.435. The van der Waals surface area contributed by atoms with Crippen molar-refractivity contribution in [3.63, 3.8) is 0 Å². The second-order valence-electron chi connectivity index (χ2n) is 7.11. The standard InChI is InChI=1S/C23H30N2O2S/c1-2-26-20-13-9-18(10-14-20)6-5-17-24-23(28)25-19-11-15-22(16-12-19)27-21-7-3-4-8-21/h9-16,21H,2-8,17H2,1H3,(H2,24,25,28). The zero-order valence-corrected chi connectivity index (χ0v) is 17.4. The highest BCUT2D eigenvalue weighted by Crippen LogP contribution is 2.25. The fourth-order valence-electron chi connectivity index (χ4n) is 3.40. The molecule has 150 valence electrons. The van der Waals surface area contributed by atoms with Crippen LogP contribution >= 0.6 is 12.2 Å². The summed E-state index contributed by atoms with van der Waals surface area (Å²) in [7, 11) is 0. The maximum atomic E-state index is 5.99. The molecule has 0 spiro atoms. The minimum absolute atomic E-state index is 0.386. The van der Waals surface area contributed by atoms with Gasteiger partial charge in [-0.3, -0.25) is 0 Å². The smallest absolute Gasteiger partial charge is 0.170 e. The summed E-state index contributed by atoms with van der Waals surface area (Å²) < 4.78 is 11.5. The summed E-state index contributed by atoms with van der Waals surface area (Å²) in [4.78, 5) is 0. The number of anilines is 1. The second-order valence-corrected chi connectivity index (χ2v) is 7.52. The first kappa shape index (κ1) is 20.5. The number of hydrogen-bond acceptors (Lipinski definition) is 3. The molecule has 0 bridgehead atoms. The van der Waals surface area contributed by atoms with Crippen LogP contribution in [0.2, 0.25) is 0 Å². The third-order valence-corrected chi connectivity index (χ3v) is 5.13. The van der Waals surface area contributed by atoms with Gasteiger partial charge in [0.15, 0.2) is 5.11 Å². The molecule has 1 fully saturated rings. The molecule has 0 atom stereocenters. The van der Waals surface area contributed by atoms with Crippen molar-refractivity contribution in [1.29, 1.82) is 0 Å². The molecule has 1 aliphatic carbocycles. The Morgan fingerprint density at radius 2 is 1.68 bits per heavy atom. The molecule has 3 rings (SSSR count). The van der Waals surface area contributed by atoms with Crippen LogP contribution in [0, 0.1) is 0 Å². The first-order chi connectivity index (χ1) is 13.7. The third kappa shape index (κ3) is 6.71. The van der Waals surface area contributed by atoms with Gasteiger partial charge in [-0.2, -0.15) is 0 Å². The molecule has 0 aromatic heterocycles. The topological polar surface area (TPSA) is 42.5 Å². The van der Waals surface area contributed by atoms with Crippen LogP contribution in [-0.2, 0) is 6.42 Å². The summed E-state index contributed by atoms with van der Waals surface area (Å²) in [5.74, 6) is 1.86. The SMILES string of the molecule is CCOc1ccc(CCCNC(=S)Nc2ccc(OC3CCCC3)cc2)cc1. The van der Waals surface area contributed by atoms with E-state index in [2.05, 4.69) is 22.8 Å². The highest BCUT2D eigenvalue weighted by Gasteiger charge is 2.16. The summed E-state index contributed by atoms with van der Waals surface area (Å²) in [6.07, 6.45) is 7.32. The van der Waals surface area contributed by atoms with Gasteiger partial charge in [0.2, 0.25) is 0 Å². The molecule has 0 unspecified atom stereocenters. The molecule has 0 saturated heterocycles. The zero-order chi connectivity index (χ0) is 19.6. The molecule has 4 nitrogen and oxygen atoms in total. The summed E-state index contributed by atoms with van der Waals surface area (Å²) in [6.45, 7) is 3.53. The van der Waals surface area contributed by atoms with Crippen LogP contribution in [0.3, 0.4) is 0 Å². The zero-order valence-electron chi connectivity index (χ0n) is 16.6. The van der Waals surface area contributed by atoms with Gasteiger partial charge in [-0.25, -0.2) is 0 Å². The number of ether oxygens (including phenoxy) is 2. The summed E-state index contributed by atoms with van der Waals surface area (Å²) >= 11 is 5.39. The van der Waals surface area contributed by atoms with Gasteiger partial charge in [0.1, 0.15) is 11.5 Å². The van der Waals surface area contributed by atoms with E-state index in [0.29, 0.717) is 17.8 Å². The Morgan fingerprint density at radius 3 is 2.36 bits per heavy atom. The fourth-order valence-corrected chi connectivity index (χ4v) is 3.62. The lowest BCUT2D eigenvalue weighted by atomic mass is 10.1. The number of thiocarbonyl (C=S) groups is 1. The number of rotatable bonds is 9. The maximum Gasteiger partial charge on any atom is 0.170 e. The lowest BCUT2D eigenvalue weighted by Gasteiger charge is -2.14. The molecule has 1 saturated carbocycles. The Morgan fingerprint density at radius 1 is 1.00 bits per heavy atom. The van der Waals surface area contributed by atoms with Gasteiger partial charge in [-0.05, 0) is 99.6 Å². The Labute approximate surface area is 173 Å². The van der Waals surface area contributed by atoms with Gasteiger partial charge in [-0.15, -0.1) is 0 Å². The van der Waals surface area contributed by atoms with E-state index in [1.165, 1.54) is 31.2 Å². The Balaban J connectivity index is 1.33. The van der Waals surface area contributed by atoms with Crippen molar-refractivity contribution in [3.8, 4) is 11.5 Å². The molecule has 2 N–H and O–H groups in total. The van der Waals surface area contributed by atoms with Crippen LogP contribution < -0.4 is 20.1 Å². The molecular weight excluding hydrogens is 368 g/mol. The number of hydrogen-bond donors (Lipinski definition) is 2. The molecule has 0 heterocycles. The normalized spacial score (nSPS) is 13.9. The quantitative estimate of drug-likeness (QED) is 0.442. The van der Waals surface area contributed by atoms with E-state index in [0.717, 1.165) is 36.6 Å².